The largest absolute Gasteiger partial charge is 0.496 e. The molecule has 1 N–H and O–H groups in total. The van der Waals surface area contributed by atoms with Gasteiger partial charge in [0.1, 0.15) is 18.2 Å². The SMILES string of the molecule is COCC(=O)NC(C)c1nc2ccccc2n1Cc1ccccc1OC. The Kier molecular flexibility index (Phi) is 5.53. The molecule has 1 aromatic heterocycles. The van der Waals surface area contributed by atoms with Crippen LogP contribution < -0.4 is 10.1 Å². The Balaban J connectivity index is 2.01. The van der Waals surface area contributed by atoms with Crippen LogP contribution in [0.2, 0.25) is 0 Å². The molecule has 0 aliphatic carbocycles. The molecule has 0 radical (unpaired) electrons. The van der Waals surface area contributed by atoms with Crippen molar-refractivity contribution in [1.29, 1.82) is 0 Å². The fourth-order valence-electron chi connectivity index (χ4n) is 3.07. The Bertz CT molecular complexity index is 904. The van der Waals surface area contributed by atoms with Gasteiger partial charge in [0.05, 0.1) is 30.7 Å². The summed E-state index contributed by atoms with van der Waals surface area (Å²) in [6, 6.07) is 15.6. The van der Waals surface area contributed by atoms with Crippen LogP contribution in [-0.4, -0.2) is 36.3 Å². The number of hydrogen-bond donors (Lipinski definition) is 1. The average molecular weight is 353 g/mol. The highest BCUT2D eigenvalue weighted by atomic mass is 16.5. The van der Waals surface area contributed by atoms with E-state index in [-0.39, 0.29) is 18.6 Å². The van der Waals surface area contributed by atoms with E-state index in [2.05, 4.69) is 9.88 Å². The van der Waals surface area contributed by atoms with Gasteiger partial charge in [0.25, 0.3) is 0 Å². The minimum atomic E-state index is -0.250. The zero-order chi connectivity index (χ0) is 18.5. The second-order valence-corrected chi connectivity index (χ2v) is 6.08. The van der Waals surface area contributed by atoms with E-state index < -0.39 is 0 Å². The molecule has 0 bridgehead atoms. The first-order valence-corrected chi connectivity index (χ1v) is 8.49. The number of imidazole rings is 1. The van der Waals surface area contributed by atoms with Crippen LogP contribution in [0.3, 0.4) is 0 Å². The van der Waals surface area contributed by atoms with E-state index in [0.29, 0.717) is 6.54 Å². The summed E-state index contributed by atoms with van der Waals surface area (Å²) in [4.78, 5) is 16.7. The highest BCUT2D eigenvalue weighted by molar-refractivity contribution is 5.78. The predicted octanol–water partition coefficient (Wildman–Crippen LogP) is 2.92. The smallest absolute Gasteiger partial charge is 0.246 e. The van der Waals surface area contributed by atoms with Gasteiger partial charge in [0.15, 0.2) is 0 Å². The van der Waals surface area contributed by atoms with Gasteiger partial charge in [-0.1, -0.05) is 30.3 Å². The normalized spacial score (nSPS) is 12.1. The van der Waals surface area contributed by atoms with E-state index in [1.807, 2.05) is 55.5 Å². The lowest BCUT2D eigenvalue weighted by atomic mass is 10.2. The van der Waals surface area contributed by atoms with E-state index in [1.165, 1.54) is 7.11 Å². The lowest BCUT2D eigenvalue weighted by molar-refractivity contribution is -0.125. The van der Waals surface area contributed by atoms with Crippen molar-refractivity contribution in [2.24, 2.45) is 0 Å². The summed E-state index contributed by atoms with van der Waals surface area (Å²) in [5, 5.41) is 2.93. The molecule has 0 aliphatic heterocycles. The van der Waals surface area contributed by atoms with Gasteiger partial charge in [-0.3, -0.25) is 4.79 Å². The molecule has 26 heavy (non-hydrogen) atoms. The van der Waals surface area contributed by atoms with Crippen LogP contribution in [0.1, 0.15) is 24.4 Å². The second kappa shape index (κ2) is 8.01. The van der Waals surface area contributed by atoms with Crippen LogP contribution in [-0.2, 0) is 16.1 Å². The zero-order valence-corrected chi connectivity index (χ0v) is 15.2. The summed E-state index contributed by atoms with van der Waals surface area (Å²) < 4.78 is 12.5. The number of nitrogens with one attached hydrogen (secondary N) is 1. The monoisotopic (exact) mass is 353 g/mol. The lowest BCUT2D eigenvalue weighted by Gasteiger charge is -2.17. The van der Waals surface area contributed by atoms with E-state index in [1.54, 1.807) is 7.11 Å². The van der Waals surface area contributed by atoms with Crippen molar-refractivity contribution in [2.45, 2.75) is 19.5 Å². The number of methoxy groups -OCH3 is 2. The maximum absolute atomic E-state index is 11.9. The van der Waals surface area contributed by atoms with Gasteiger partial charge in [0, 0.05) is 12.7 Å². The lowest BCUT2D eigenvalue weighted by Crippen LogP contribution is -2.31. The number of para-hydroxylation sites is 3. The molecule has 1 amide bonds. The number of aromatic nitrogens is 2. The second-order valence-electron chi connectivity index (χ2n) is 6.08. The van der Waals surface area contributed by atoms with Crippen molar-refractivity contribution in [1.82, 2.24) is 14.9 Å². The number of rotatable bonds is 7. The fourth-order valence-corrected chi connectivity index (χ4v) is 3.07. The van der Waals surface area contributed by atoms with Crippen molar-refractivity contribution in [3.8, 4) is 5.75 Å². The summed E-state index contributed by atoms with van der Waals surface area (Å²) in [5.74, 6) is 1.45. The number of ether oxygens (including phenoxy) is 2. The molecule has 0 saturated heterocycles. The molecular weight excluding hydrogens is 330 g/mol. The molecule has 0 fully saturated rings. The van der Waals surface area contributed by atoms with E-state index in [4.69, 9.17) is 14.5 Å². The third-order valence-corrected chi connectivity index (χ3v) is 4.25. The number of amides is 1. The molecule has 0 saturated carbocycles. The first-order valence-electron chi connectivity index (χ1n) is 8.49. The van der Waals surface area contributed by atoms with E-state index in [0.717, 1.165) is 28.2 Å². The first-order chi connectivity index (χ1) is 12.6. The fraction of sp³-hybridized carbons (Fsp3) is 0.300. The minimum Gasteiger partial charge on any atom is -0.496 e. The number of carbonyl (C=O) groups excluding carboxylic acids is 1. The van der Waals surface area contributed by atoms with Gasteiger partial charge in [-0.25, -0.2) is 4.98 Å². The van der Waals surface area contributed by atoms with Crippen molar-refractivity contribution in [3.05, 3.63) is 59.9 Å². The molecule has 3 rings (SSSR count). The molecule has 6 nitrogen and oxygen atoms in total. The highest BCUT2D eigenvalue weighted by Gasteiger charge is 2.19. The summed E-state index contributed by atoms with van der Waals surface area (Å²) in [6.45, 7) is 2.55. The summed E-state index contributed by atoms with van der Waals surface area (Å²) in [6.07, 6.45) is 0. The third kappa shape index (κ3) is 3.70. The average Bonchev–Trinajstić information content (AvgIpc) is 3.01. The van der Waals surface area contributed by atoms with Crippen LogP contribution >= 0.6 is 0 Å². The molecule has 1 heterocycles. The number of carbonyl (C=O) groups is 1. The minimum absolute atomic E-state index is 0.0249. The molecule has 0 aliphatic rings. The standard InChI is InChI=1S/C20H23N3O3/c1-14(21-19(24)13-25-2)20-22-16-9-5-6-10-17(16)23(20)12-15-8-4-7-11-18(15)26-3/h4-11,14H,12-13H2,1-3H3,(H,21,24). The summed E-state index contributed by atoms with van der Waals surface area (Å²) >= 11 is 0. The number of benzene rings is 2. The molecule has 6 heteroatoms. The van der Waals surface area contributed by atoms with Crippen LogP contribution in [0, 0.1) is 0 Å². The first kappa shape index (κ1) is 17.9. The Morgan fingerprint density at radius 3 is 2.65 bits per heavy atom. The van der Waals surface area contributed by atoms with Crippen molar-refractivity contribution < 1.29 is 14.3 Å². The van der Waals surface area contributed by atoms with Crippen molar-refractivity contribution in [2.75, 3.05) is 20.8 Å². The van der Waals surface area contributed by atoms with Gasteiger partial charge < -0.3 is 19.4 Å². The molecule has 3 aromatic rings. The molecular formula is C20H23N3O3. The van der Waals surface area contributed by atoms with Crippen molar-refractivity contribution in [3.63, 3.8) is 0 Å². The van der Waals surface area contributed by atoms with Crippen LogP contribution in [0.15, 0.2) is 48.5 Å². The molecule has 1 unspecified atom stereocenters. The number of fused-ring (bicyclic) bond motifs is 1. The Hall–Kier alpha value is -2.86. The number of hydrogen-bond acceptors (Lipinski definition) is 4. The molecule has 2 aromatic carbocycles. The van der Waals surface area contributed by atoms with Gasteiger partial charge >= 0.3 is 0 Å². The van der Waals surface area contributed by atoms with Crippen molar-refractivity contribution >= 4 is 16.9 Å². The van der Waals surface area contributed by atoms with Gasteiger partial charge in [0.2, 0.25) is 5.91 Å². The Morgan fingerprint density at radius 2 is 1.88 bits per heavy atom. The quantitative estimate of drug-likeness (QED) is 0.709. The topological polar surface area (TPSA) is 65.4 Å². The van der Waals surface area contributed by atoms with Crippen LogP contribution in [0.4, 0.5) is 0 Å². The van der Waals surface area contributed by atoms with Gasteiger partial charge in [-0.2, -0.15) is 0 Å². The molecule has 1 atom stereocenters. The van der Waals surface area contributed by atoms with Crippen LogP contribution in [0.5, 0.6) is 5.75 Å². The van der Waals surface area contributed by atoms with Gasteiger partial charge in [-0.05, 0) is 25.1 Å². The predicted molar refractivity (Wildman–Crippen MR) is 100 cm³/mol. The third-order valence-electron chi connectivity index (χ3n) is 4.25. The maximum atomic E-state index is 11.9. The number of nitrogens with zero attached hydrogens (tertiary/aromatic N) is 2. The summed E-state index contributed by atoms with van der Waals surface area (Å²) in [5.41, 5.74) is 2.96. The van der Waals surface area contributed by atoms with E-state index in [9.17, 15) is 4.79 Å². The molecule has 136 valence electrons. The maximum Gasteiger partial charge on any atom is 0.246 e. The van der Waals surface area contributed by atoms with Gasteiger partial charge in [-0.15, -0.1) is 0 Å². The Morgan fingerprint density at radius 1 is 1.15 bits per heavy atom. The zero-order valence-electron chi connectivity index (χ0n) is 15.2. The highest BCUT2D eigenvalue weighted by Crippen LogP contribution is 2.25. The summed E-state index contributed by atoms with van der Waals surface area (Å²) in [7, 11) is 3.17. The van der Waals surface area contributed by atoms with E-state index >= 15 is 0 Å². The molecule has 0 spiro atoms. The Labute approximate surface area is 152 Å². The van der Waals surface area contributed by atoms with Crippen LogP contribution in [0.25, 0.3) is 11.0 Å².